The minimum Gasteiger partial charge on any atom is -0.504 e. The molecule has 0 bridgehead atoms. The van der Waals surface area contributed by atoms with Crippen molar-refractivity contribution in [2.24, 2.45) is 5.10 Å². The van der Waals surface area contributed by atoms with E-state index in [1.54, 1.807) is 18.2 Å². The normalized spacial score (nSPS) is 10.6. The monoisotopic (exact) mass is 433 g/mol. The number of ether oxygens (including phenoxy) is 1. The highest BCUT2D eigenvalue weighted by Gasteiger charge is 2.11. The number of amides is 2. The van der Waals surface area contributed by atoms with Crippen molar-refractivity contribution >= 4 is 39.6 Å². The van der Waals surface area contributed by atoms with Crippen molar-refractivity contribution in [3.05, 3.63) is 52.0 Å². The second-order valence-electron chi connectivity index (χ2n) is 5.57. The number of nitrogens with zero attached hydrogens (tertiary/aromatic N) is 1. The fourth-order valence-electron chi connectivity index (χ4n) is 2.35. The van der Waals surface area contributed by atoms with Gasteiger partial charge in [0.2, 0.25) is 11.8 Å². The van der Waals surface area contributed by atoms with Gasteiger partial charge >= 0.3 is 0 Å². The van der Waals surface area contributed by atoms with Crippen molar-refractivity contribution in [2.45, 2.75) is 19.8 Å². The summed E-state index contributed by atoms with van der Waals surface area (Å²) in [5, 5.41) is 16.5. The number of halogens is 1. The number of nitrogens with one attached hydrogen (secondary N) is 2. The Hall–Kier alpha value is -2.87. The number of hydrazone groups is 1. The second-order valence-corrected chi connectivity index (χ2v) is 6.49. The van der Waals surface area contributed by atoms with Crippen LogP contribution >= 0.6 is 15.9 Å². The maximum Gasteiger partial charge on any atom is 0.249 e. The molecule has 0 aliphatic heterocycles. The number of anilines is 1. The van der Waals surface area contributed by atoms with Gasteiger partial charge in [-0.15, -0.1) is 0 Å². The zero-order valence-corrected chi connectivity index (χ0v) is 16.5. The van der Waals surface area contributed by atoms with Crippen molar-refractivity contribution in [2.75, 3.05) is 12.4 Å². The quantitative estimate of drug-likeness (QED) is 0.354. The lowest BCUT2D eigenvalue weighted by Gasteiger charge is -2.09. The molecule has 0 fully saturated rings. The van der Waals surface area contributed by atoms with Crippen LogP contribution < -0.4 is 15.5 Å². The molecule has 27 heavy (non-hydrogen) atoms. The summed E-state index contributed by atoms with van der Waals surface area (Å²) in [5.74, 6) is -0.839. The summed E-state index contributed by atoms with van der Waals surface area (Å²) < 4.78 is 5.72. The van der Waals surface area contributed by atoms with E-state index in [0.29, 0.717) is 15.7 Å². The Labute approximate surface area is 165 Å². The van der Waals surface area contributed by atoms with Gasteiger partial charge < -0.3 is 15.2 Å². The summed E-state index contributed by atoms with van der Waals surface area (Å²) in [4.78, 5) is 23.9. The van der Waals surface area contributed by atoms with E-state index in [1.807, 2.05) is 25.1 Å². The Kier molecular flexibility index (Phi) is 7.36. The van der Waals surface area contributed by atoms with Gasteiger partial charge in [-0.2, -0.15) is 5.10 Å². The van der Waals surface area contributed by atoms with Crippen LogP contribution in [-0.4, -0.2) is 30.2 Å². The highest BCUT2D eigenvalue weighted by Crippen LogP contribution is 2.32. The highest BCUT2D eigenvalue weighted by atomic mass is 79.9. The molecular weight excluding hydrogens is 414 g/mol. The molecule has 0 saturated carbocycles. The zero-order valence-electron chi connectivity index (χ0n) is 15.0. The molecule has 142 valence electrons. The van der Waals surface area contributed by atoms with E-state index in [0.717, 1.165) is 12.0 Å². The van der Waals surface area contributed by atoms with Gasteiger partial charge in [-0.25, -0.2) is 5.43 Å². The predicted octanol–water partition coefficient (Wildman–Crippen LogP) is 3.20. The minimum absolute atomic E-state index is 0.104. The molecule has 0 aliphatic carbocycles. The van der Waals surface area contributed by atoms with Gasteiger partial charge in [0, 0.05) is 15.7 Å². The summed E-state index contributed by atoms with van der Waals surface area (Å²) in [7, 11) is 1.43. The van der Waals surface area contributed by atoms with Gasteiger partial charge in [-0.05, 0) is 30.2 Å². The van der Waals surface area contributed by atoms with Gasteiger partial charge in [0.15, 0.2) is 11.5 Å². The summed E-state index contributed by atoms with van der Waals surface area (Å²) >= 11 is 3.29. The number of methoxy groups -OCH3 is 1. The average Bonchev–Trinajstić information content (AvgIpc) is 2.64. The molecule has 0 atom stereocenters. The van der Waals surface area contributed by atoms with Crippen LogP contribution in [0.25, 0.3) is 0 Å². The largest absolute Gasteiger partial charge is 0.504 e. The van der Waals surface area contributed by atoms with E-state index >= 15 is 0 Å². The minimum atomic E-state index is -0.570. The maximum absolute atomic E-state index is 12.0. The topological polar surface area (TPSA) is 100 Å². The standard InChI is InChI=1S/C19H20BrN3O4/c1-3-12-6-4-5-7-15(12)22-17(24)10-18(25)23-21-11-13-8-14(20)9-16(27-2)19(13)26/h4-9,11,26H,3,10H2,1-2H3,(H,22,24)(H,23,25). The van der Waals surface area contributed by atoms with Crippen LogP contribution in [-0.2, 0) is 16.0 Å². The number of carbonyl (C=O) groups is 2. The first-order valence-electron chi connectivity index (χ1n) is 8.20. The Bertz CT molecular complexity index is 868. The Balaban J connectivity index is 1.93. The van der Waals surface area contributed by atoms with Crippen molar-refractivity contribution in [1.82, 2.24) is 5.43 Å². The number of hydrogen-bond donors (Lipinski definition) is 3. The summed E-state index contributed by atoms with van der Waals surface area (Å²) in [5.41, 5.74) is 4.29. The number of aromatic hydroxyl groups is 1. The van der Waals surface area contributed by atoms with Crippen LogP contribution in [0.15, 0.2) is 46.0 Å². The van der Waals surface area contributed by atoms with E-state index in [1.165, 1.54) is 13.3 Å². The van der Waals surface area contributed by atoms with Crippen LogP contribution in [0.3, 0.4) is 0 Å². The van der Waals surface area contributed by atoms with Crippen LogP contribution in [0.1, 0.15) is 24.5 Å². The number of para-hydroxylation sites is 1. The fourth-order valence-corrected chi connectivity index (χ4v) is 2.81. The highest BCUT2D eigenvalue weighted by molar-refractivity contribution is 9.10. The number of phenols is 1. The fraction of sp³-hybridized carbons (Fsp3) is 0.211. The molecule has 3 N–H and O–H groups in total. The lowest BCUT2D eigenvalue weighted by molar-refractivity contribution is -0.126. The number of carbonyl (C=O) groups excluding carboxylic acids is 2. The molecule has 0 saturated heterocycles. The Morgan fingerprint density at radius 1 is 1.26 bits per heavy atom. The summed E-state index contributed by atoms with van der Waals surface area (Å²) in [6.45, 7) is 1.98. The third-order valence-electron chi connectivity index (χ3n) is 3.68. The smallest absolute Gasteiger partial charge is 0.249 e. The van der Waals surface area contributed by atoms with Crippen LogP contribution in [0.5, 0.6) is 11.5 Å². The molecule has 7 nitrogen and oxygen atoms in total. The van der Waals surface area contributed by atoms with Crippen molar-refractivity contribution in [1.29, 1.82) is 0 Å². The third kappa shape index (κ3) is 5.82. The van der Waals surface area contributed by atoms with E-state index < -0.39 is 11.8 Å². The summed E-state index contributed by atoms with van der Waals surface area (Å²) in [6.07, 6.45) is 1.67. The molecule has 0 heterocycles. The van der Waals surface area contributed by atoms with Crippen LogP contribution in [0, 0.1) is 0 Å². The third-order valence-corrected chi connectivity index (χ3v) is 4.13. The van der Waals surface area contributed by atoms with Gasteiger partial charge in [-0.3, -0.25) is 9.59 Å². The molecule has 2 amide bonds. The van der Waals surface area contributed by atoms with Gasteiger partial charge in [0.1, 0.15) is 6.42 Å². The Morgan fingerprint density at radius 2 is 2.00 bits per heavy atom. The SMILES string of the molecule is CCc1ccccc1NC(=O)CC(=O)NN=Cc1cc(Br)cc(OC)c1O. The Morgan fingerprint density at radius 3 is 2.70 bits per heavy atom. The molecule has 0 spiro atoms. The van der Waals surface area contributed by atoms with Crippen molar-refractivity contribution < 1.29 is 19.4 Å². The van der Waals surface area contributed by atoms with Gasteiger partial charge in [0.05, 0.1) is 13.3 Å². The van der Waals surface area contributed by atoms with Gasteiger partial charge in [0.25, 0.3) is 0 Å². The molecule has 8 heteroatoms. The average molecular weight is 434 g/mol. The van der Waals surface area contributed by atoms with Crippen molar-refractivity contribution in [3.63, 3.8) is 0 Å². The van der Waals surface area contributed by atoms with Crippen LogP contribution in [0.4, 0.5) is 5.69 Å². The molecule has 0 unspecified atom stereocenters. The zero-order chi connectivity index (χ0) is 19.8. The molecular formula is C19H20BrN3O4. The first kappa shape index (κ1) is 20.4. The summed E-state index contributed by atoms with van der Waals surface area (Å²) in [6, 6.07) is 10.6. The first-order chi connectivity index (χ1) is 12.9. The van der Waals surface area contributed by atoms with Crippen LogP contribution in [0.2, 0.25) is 0 Å². The number of benzene rings is 2. The molecule has 0 aromatic heterocycles. The van der Waals surface area contributed by atoms with E-state index in [2.05, 4.69) is 31.8 Å². The molecule has 0 radical (unpaired) electrons. The predicted molar refractivity (Wildman–Crippen MR) is 107 cm³/mol. The molecule has 2 rings (SSSR count). The number of rotatable bonds is 7. The molecule has 2 aromatic carbocycles. The first-order valence-corrected chi connectivity index (χ1v) is 9.00. The number of hydrogen-bond acceptors (Lipinski definition) is 5. The molecule has 2 aromatic rings. The molecule has 0 aliphatic rings. The number of phenolic OH excluding ortho intramolecular Hbond substituents is 1. The lowest BCUT2D eigenvalue weighted by Crippen LogP contribution is -2.25. The lowest BCUT2D eigenvalue weighted by atomic mass is 10.1. The number of aryl methyl sites for hydroxylation is 1. The van der Waals surface area contributed by atoms with E-state index in [-0.39, 0.29) is 17.9 Å². The van der Waals surface area contributed by atoms with E-state index in [9.17, 15) is 14.7 Å². The second kappa shape index (κ2) is 9.72. The van der Waals surface area contributed by atoms with Gasteiger partial charge in [-0.1, -0.05) is 41.1 Å². The van der Waals surface area contributed by atoms with E-state index in [4.69, 9.17) is 4.74 Å². The van der Waals surface area contributed by atoms with Crippen molar-refractivity contribution in [3.8, 4) is 11.5 Å². The maximum atomic E-state index is 12.0.